The smallest absolute Gasteiger partial charge is 0.756 e. The average molecular weight is 849 g/mol. The number of hydrogen-bond donors (Lipinski definition) is 6. The number of aliphatic hydroxyl groups excluding tert-OH is 4. The molecule has 24 nitrogen and oxygen atoms in total. The fourth-order valence-electron chi connectivity index (χ4n) is 5.65. The van der Waals surface area contributed by atoms with Crippen LogP contribution in [0.4, 0.5) is 11.5 Å². The third-order valence-electron chi connectivity index (χ3n) is 8.30. The van der Waals surface area contributed by atoms with Crippen LogP contribution in [0.2, 0.25) is 0 Å². The Kier molecular flexibility index (Phi) is 14.3. The van der Waals surface area contributed by atoms with Crippen LogP contribution in [0, 0.1) is 0 Å². The Morgan fingerprint density at radius 3 is 2.36 bits per heavy atom. The van der Waals surface area contributed by atoms with E-state index in [2.05, 4.69) is 38.3 Å². The molecule has 0 spiro atoms. The van der Waals surface area contributed by atoms with Crippen molar-refractivity contribution in [3.05, 3.63) is 76.7 Å². The Bertz CT molecular complexity index is 2220. The van der Waals surface area contributed by atoms with Crippen LogP contribution >= 0.6 is 27.4 Å². The minimum absolute atomic E-state index is 0. The first-order chi connectivity index (χ1) is 26.1. The number of carbonyl (C=O) groups is 1. The molecule has 1 aromatic carbocycles. The normalized spacial score (nSPS) is 26.9. The van der Waals surface area contributed by atoms with Crippen molar-refractivity contribution in [3.63, 3.8) is 0 Å². The molecule has 294 valence electrons. The Labute approximate surface area is 341 Å². The van der Waals surface area contributed by atoms with E-state index < -0.39 is 83.8 Å². The van der Waals surface area contributed by atoms with Gasteiger partial charge in [0.05, 0.1) is 13.2 Å². The van der Waals surface area contributed by atoms with Gasteiger partial charge in [0.15, 0.2) is 46.9 Å². The van der Waals surface area contributed by atoms with Crippen molar-refractivity contribution in [1.29, 1.82) is 0 Å². The molecule has 5 heterocycles. The van der Waals surface area contributed by atoms with E-state index >= 15 is 0 Å². The minimum Gasteiger partial charge on any atom is -0.756 e. The molecule has 4 aromatic rings. The van der Waals surface area contributed by atoms with E-state index in [1.807, 2.05) is 0 Å². The van der Waals surface area contributed by atoms with Gasteiger partial charge in [0.1, 0.15) is 42.4 Å². The number of azide groups is 1. The summed E-state index contributed by atoms with van der Waals surface area (Å²) in [5.74, 6) is -0.630. The Morgan fingerprint density at radius 2 is 1.68 bits per heavy atom. The molecule has 2 aliphatic rings. The summed E-state index contributed by atoms with van der Waals surface area (Å²) in [4.78, 5) is 52.0. The van der Waals surface area contributed by atoms with E-state index in [4.69, 9.17) is 26.5 Å². The number of imidazole rings is 1. The summed E-state index contributed by atoms with van der Waals surface area (Å²) in [5.41, 5.74) is 21.4. The second-order valence-corrected chi connectivity index (χ2v) is 15.8. The van der Waals surface area contributed by atoms with Gasteiger partial charge in [-0.3, -0.25) is 18.5 Å². The van der Waals surface area contributed by atoms with Crippen LogP contribution in [0.15, 0.2) is 65.4 Å². The number of carbonyl (C=O) groups excluding carboxylic acids is 1. The van der Waals surface area contributed by atoms with E-state index in [9.17, 15) is 44.1 Å². The van der Waals surface area contributed by atoms with Crippen molar-refractivity contribution in [2.75, 3.05) is 18.9 Å². The number of primary amides is 1. The van der Waals surface area contributed by atoms with E-state index in [0.29, 0.717) is 11.3 Å². The van der Waals surface area contributed by atoms with Gasteiger partial charge in [0.25, 0.3) is 27.8 Å². The molecule has 10 atom stereocenters. The number of benzene rings is 1. The molecule has 0 aliphatic carbocycles. The summed E-state index contributed by atoms with van der Waals surface area (Å²) in [6, 6.07) is 9.52. The largest absolute Gasteiger partial charge is 1.00 e. The standard InChI is InChI=1S/C28H32N10O14P2S.Na/c29-23-18-25(33-12-32-23)38(28(34-18)55-11-14-4-1-2-6-15(14)35-36-31)27-22(42)20(40)17(51-27)10-49-54(46,47)52-53(44,45)48-9-16-19(39)21(41)26(50-16)37-7-3-5-13(8-37)24(30)43;/h1-8,12,16-17,19-22,26-27,39-42H,9-11H2,(H5-,29,30,32,33,43,44,45,46,47);/q;+1/p-1/t16-,17-,19-,20-,21-,22-,26-,27-;/m1./s1. The number of phosphoric acid groups is 2. The molecule has 2 unspecified atom stereocenters. The first-order valence-corrected chi connectivity index (χ1v) is 19.7. The number of rotatable bonds is 15. The van der Waals surface area contributed by atoms with Gasteiger partial charge in [-0.25, -0.2) is 19.3 Å². The van der Waals surface area contributed by atoms with Crippen molar-refractivity contribution in [2.45, 2.75) is 60.0 Å². The SMILES string of the molecule is [N-]=[N+]=Nc1ccccc1CSc1nc2c(N)ncnc2n1[C@@H]1O[C@H](COP(=O)([O-])OP(=O)([O-])OC[C@H]2O[C@@H]([n+]3cccc(C(N)=O)c3)[C@H](O)[C@@H]2O)[C@@H](O)[C@H]1O.[Na+]. The quantitative estimate of drug-likeness (QED) is 0.0126. The molecule has 28 heteroatoms. The summed E-state index contributed by atoms with van der Waals surface area (Å²) in [6.45, 7) is -2.07. The van der Waals surface area contributed by atoms with E-state index in [-0.39, 0.29) is 63.0 Å². The zero-order valence-electron chi connectivity index (χ0n) is 28.8. The van der Waals surface area contributed by atoms with E-state index in [1.54, 1.807) is 24.3 Å². The van der Waals surface area contributed by atoms with Gasteiger partial charge >= 0.3 is 29.6 Å². The molecule has 56 heavy (non-hydrogen) atoms. The number of ether oxygens (including phenoxy) is 2. The van der Waals surface area contributed by atoms with Crippen LogP contribution in [-0.2, 0) is 37.7 Å². The zero-order valence-corrected chi connectivity index (χ0v) is 33.4. The first-order valence-electron chi connectivity index (χ1n) is 15.8. The molecule has 8 N–H and O–H groups in total. The van der Waals surface area contributed by atoms with Crippen molar-refractivity contribution in [3.8, 4) is 0 Å². The average Bonchev–Trinajstić information content (AvgIpc) is 3.75. The van der Waals surface area contributed by atoms with Crippen molar-refractivity contribution in [1.82, 2.24) is 19.5 Å². The number of nitrogens with zero attached hydrogens (tertiary/aromatic N) is 8. The van der Waals surface area contributed by atoms with Crippen LogP contribution in [0.3, 0.4) is 0 Å². The number of nitrogens with two attached hydrogens (primary N) is 2. The molecule has 0 saturated carbocycles. The first kappa shape index (κ1) is 44.0. The maximum atomic E-state index is 12.6. The van der Waals surface area contributed by atoms with Crippen LogP contribution in [0.5, 0.6) is 0 Å². The van der Waals surface area contributed by atoms with E-state index in [1.165, 1.54) is 33.7 Å². The zero-order chi connectivity index (χ0) is 39.7. The summed E-state index contributed by atoms with van der Waals surface area (Å²) < 4.78 is 52.3. The monoisotopic (exact) mass is 848 g/mol. The molecule has 2 aliphatic heterocycles. The fourth-order valence-corrected chi connectivity index (χ4v) is 8.68. The predicted molar refractivity (Wildman–Crippen MR) is 180 cm³/mol. The number of amides is 1. The number of aliphatic hydroxyl groups is 4. The van der Waals surface area contributed by atoms with Gasteiger partial charge in [0, 0.05) is 22.4 Å². The number of phosphoric ester groups is 2. The number of anilines is 1. The topological polar surface area (TPSA) is 373 Å². The Hall–Kier alpha value is -3.13. The summed E-state index contributed by atoms with van der Waals surface area (Å²) >= 11 is 1.09. The third-order valence-corrected chi connectivity index (χ3v) is 11.8. The molecular formula is C28H31N10NaO14P2S. The Balaban J connectivity index is 0.00000600. The number of pyridine rings is 1. The number of aromatic nitrogens is 5. The number of thioether (sulfide) groups is 1. The van der Waals surface area contributed by atoms with Gasteiger partial charge in [-0.2, -0.15) is 4.57 Å². The second-order valence-electron chi connectivity index (χ2n) is 11.9. The number of nitrogen functional groups attached to an aromatic ring is 1. The molecule has 0 bridgehead atoms. The molecular weight excluding hydrogens is 817 g/mol. The minimum atomic E-state index is -5.79. The van der Waals surface area contributed by atoms with Gasteiger partial charge in [-0.1, -0.05) is 41.1 Å². The molecule has 6 rings (SSSR count). The van der Waals surface area contributed by atoms with Gasteiger partial charge in [0.2, 0.25) is 0 Å². The third kappa shape index (κ3) is 9.76. The predicted octanol–water partition coefficient (Wildman–Crippen LogP) is -4.04. The maximum Gasteiger partial charge on any atom is 1.00 e. The number of fused-ring (bicyclic) bond motifs is 1. The van der Waals surface area contributed by atoms with Crippen LogP contribution < -0.4 is 55.4 Å². The van der Waals surface area contributed by atoms with Gasteiger partial charge < -0.3 is 60.2 Å². The summed E-state index contributed by atoms with van der Waals surface area (Å²) in [5, 5.41) is 46.5. The Morgan fingerprint density at radius 1 is 1.02 bits per heavy atom. The van der Waals surface area contributed by atoms with Crippen molar-refractivity contribution < 1.29 is 101 Å². The fraction of sp³-hybridized carbons (Fsp3) is 0.393. The maximum absolute atomic E-state index is 12.6. The van der Waals surface area contributed by atoms with Crippen molar-refractivity contribution in [2.24, 2.45) is 10.8 Å². The van der Waals surface area contributed by atoms with Crippen LogP contribution in [0.1, 0.15) is 28.4 Å². The van der Waals surface area contributed by atoms with Gasteiger partial charge in [-0.05, 0) is 17.2 Å². The second kappa shape index (κ2) is 18.2. The van der Waals surface area contributed by atoms with Crippen LogP contribution in [-0.4, -0.2) is 95.7 Å². The molecule has 2 fully saturated rings. The van der Waals surface area contributed by atoms with Crippen molar-refractivity contribution >= 4 is 56.0 Å². The number of hydrogen-bond acceptors (Lipinski definition) is 20. The molecule has 1 amide bonds. The van der Waals surface area contributed by atoms with E-state index in [0.717, 1.165) is 18.1 Å². The summed E-state index contributed by atoms with van der Waals surface area (Å²) in [7, 11) is -11.5. The van der Waals surface area contributed by atoms with Crippen LogP contribution in [0.25, 0.3) is 21.6 Å². The molecule has 3 aromatic heterocycles. The molecule has 0 radical (unpaired) electrons. The summed E-state index contributed by atoms with van der Waals surface area (Å²) in [6.07, 6.45) is -9.09. The molecule has 2 saturated heterocycles. The van der Waals surface area contributed by atoms with Gasteiger partial charge in [-0.15, -0.1) is 0 Å².